The fourth-order valence-corrected chi connectivity index (χ4v) is 7.85. The van der Waals surface area contributed by atoms with Gasteiger partial charge in [-0.05, 0) is 61.6 Å². The predicted molar refractivity (Wildman–Crippen MR) is 154 cm³/mol. The molecule has 2 aromatic carbocycles. The molecule has 3 saturated heterocycles. The summed E-state index contributed by atoms with van der Waals surface area (Å²) < 4.78 is 27.6. The first-order valence-electron chi connectivity index (χ1n) is 14.3. The lowest BCUT2D eigenvalue weighted by Crippen LogP contribution is -2.54. The number of nitrogens with two attached hydrogens (primary N) is 1. The highest BCUT2D eigenvalue weighted by atomic mass is 32.2. The van der Waals surface area contributed by atoms with E-state index in [4.69, 9.17) is 5.73 Å². The summed E-state index contributed by atoms with van der Waals surface area (Å²) in [6.45, 7) is 4.49. The van der Waals surface area contributed by atoms with Crippen LogP contribution in [0.3, 0.4) is 0 Å². The van der Waals surface area contributed by atoms with Crippen LogP contribution >= 0.6 is 0 Å². The van der Waals surface area contributed by atoms with Crippen LogP contribution < -0.4 is 16.0 Å². The fraction of sp³-hybridized carbons (Fsp3) is 0.448. The van der Waals surface area contributed by atoms with Gasteiger partial charge in [-0.2, -0.15) is 4.31 Å². The molecule has 3 fully saturated rings. The molecule has 0 radical (unpaired) electrons. The second-order valence-electron chi connectivity index (χ2n) is 11.4. The number of anilines is 2. The van der Waals surface area contributed by atoms with Crippen molar-refractivity contribution in [3.63, 3.8) is 0 Å². The molecular formula is C29H34N6O6S. The van der Waals surface area contributed by atoms with E-state index in [0.29, 0.717) is 62.1 Å². The van der Waals surface area contributed by atoms with Crippen molar-refractivity contribution in [1.82, 2.24) is 19.4 Å². The molecule has 42 heavy (non-hydrogen) atoms. The lowest BCUT2D eigenvalue weighted by molar-refractivity contribution is -0.136. The molecule has 0 spiro atoms. The fourth-order valence-electron chi connectivity index (χ4n) is 6.42. The first-order chi connectivity index (χ1) is 20.1. The maximum atomic E-state index is 13.5. The standard InChI is InChI=1S/C29H34N6O6S/c30-20-4-6-21(7-5-20)42(40,41)34-16-14-32(15-17-34)18-19-10-12-33(13-11-19)23-3-1-2-22-26(23)29(39)35(28(22)38)24-8-9-25(36)31-27(24)37/h1-7,19,24H,8-18,30H2,(H,31,36,37). The molecule has 0 saturated carbocycles. The minimum Gasteiger partial charge on any atom is -0.399 e. The number of hydrogen-bond donors (Lipinski definition) is 2. The third-order valence-corrected chi connectivity index (χ3v) is 10.7. The maximum absolute atomic E-state index is 13.5. The molecule has 222 valence electrons. The number of nitrogen functional groups attached to an aromatic ring is 1. The quantitative estimate of drug-likeness (QED) is 0.367. The van der Waals surface area contributed by atoms with Gasteiger partial charge in [-0.25, -0.2) is 8.42 Å². The molecule has 6 rings (SSSR count). The van der Waals surface area contributed by atoms with Crippen molar-refractivity contribution in [3.8, 4) is 0 Å². The summed E-state index contributed by atoms with van der Waals surface area (Å²) in [5, 5.41) is 2.23. The Morgan fingerprint density at radius 2 is 1.52 bits per heavy atom. The molecule has 0 aliphatic carbocycles. The van der Waals surface area contributed by atoms with Gasteiger partial charge in [0.2, 0.25) is 21.8 Å². The summed E-state index contributed by atoms with van der Waals surface area (Å²) in [6.07, 6.45) is 2.00. The average Bonchev–Trinajstić information content (AvgIpc) is 3.23. The number of rotatable bonds is 6. The maximum Gasteiger partial charge on any atom is 0.264 e. The van der Waals surface area contributed by atoms with E-state index < -0.39 is 39.7 Å². The minimum atomic E-state index is -3.55. The lowest BCUT2D eigenvalue weighted by Gasteiger charge is -2.39. The molecule has 0 aromatic heterocycles. The number of fused-ring (bicyclic) bond motifs is 1. The Balaban J connectivity index is 1.05. The number of imide groups is 2. The Labute approximate surface area is 244 Å². The van der Waals surface area contributed by atoms with Crippen LogP contribution in [0.15, 0.2) is 47.4 Å². The van der Waals surface area contributed by atoms with Crippen molar-refractivity contribution < 1.29 is 27.6 Å². The van der Waals surface area contributed by atoms with Gasteiger partial charge in [0.1, 0.15) is 6.04 Å². The van der Waals surface area contributed by atoms with Crippen molar-refractivity contribution in [2.45, 2.75) is 36.6 Å². The summed E-state index contributed by atoms with van der Waals surface area (Å²) in [4.78, 5) is 56.4. The van der Waals surface area contributed by atoms with Crippen molar-refractivity contribution in [2.24, 2.45) is 5.92 Å². The number of amides is 4. The molecular weight excluding hydrogens is 560 g/mol. The summed E-state index contributed by atoms with van der Waals surface area (Å²) >= 11 is 0. The van der Waals surface area contributed by atoms with E-state index in [2.05, 4.69) is 15.1 Å². The van der Waals surface area contributed by atoms with Crippen molar-refractivity contribution >= 4 is 45.0 Å². The second-order valence-corrected chi connectivity index (χ2v) is 13.3. The number of nitrogens with one attached hydrogen (secondary N) is 1. The van der Waals surface area contributed by atoms with E-state index in [1.54, 1.807) is 36.4 Å². The van der Waals surface area contributed by atoms with E-state index in [9.17, 15) is 27.6 Å². The van der Waals surface area contributed by atoms with Crippen LogP contribution in [0.5, 0.6) is 0 Å². The largest absolute Gasteiger partial charge is 0.399 e. The topological polar surface area (TPSA) is 153 Å². The normalized spacial score (nSPS) is 22.9. The number of piperazine rings is 1. The Kier molecular flexibility index (Phi) is 7.50. The number of carbonyl (C=O) groups is 4. The van der Waals surface area contributed by atoms with Crippen LogP contribution in [0, 0.1) is 5.92 Å². The number of benzene rings is 2. The van der Waals surface area contributed by atoms with Crippen LogP contribution in [-0.2, 0) is 19.6 Å². The van der Waals surface area contributed by atoms with E-state index >= 15 is 0 Å². The van der Waals surface area contributed by atoms with E-state index in [0.717, 1.165) is 24.3 Å². The third-order valence-electron chi connectivity index (χ3n) is 8.77. The highest BCUT2D eigenvalue weighted by Gasteiger charge is 2.46. The summed E-state index contributed by atoms with van der Waals surface area (Å²) in [5.74, 6) is -1.59. The molecule has 0 bridgehead atoms. The smallest absolute Gasteiger partial charge is 0.264 e. The Hall–Kier alpha value is -3.81. The number of hydrogen-bond acceptors (Lipinski definition) is 9. The third kappa shape index (κ3) is 5.16. The zero-order valence-corrected chi connectivity index (χ0v) is 24.0. The number of piperidine rings is 2. The van der Waals surface area contributed by atoms with Crippen LogP contribution in [0.1, 0.15) is 46.4 Å². The Morgan fingerprint density at radius 1 is 0.833 bits per heavy atom. The average molecular weight is 595 g/mol. The minimum absolute atomic E-state index is 0.0810. The molecule has 3 N–H and O–H groups in total. The van der Waals surface area contributed by atoms with Crippen LogP contribution in [-0.4, -0.2) is 98.0 Å². The van der Waals surface area contributed by atoms with Crippen molar-refractivity contribution in [1.29, 1.82) is 0 Å². The van der Waals surface area contributed by atoms with Gasteiger partial charge in [-0.1, -0.05) is 6.07 Å². The van der Waals surface area contributed by atoms with Crippen LogP contribution in [0.2, 0.25) is 0 Å². The van der Waals surface area contributed by atoms with Gasteiger partial charge < -0.3 is 15.5 Å². The molecule has 2 aromatic rings. The SMILES string of the molecule is Nc1ccc(S(=O)(=O)N2CCN(CC3CCN(c4cccc5c4C(=O)N(C4CCC(=O)NC4=O)C5=O)CC3)CC2)cc1. The summed E-state index contributed by atoms with van der Waals surface area (Å²) in [6, 6.07) is 10.5. The number of carbonyl (C=O) groups excluding carboxylic acids is 4. The molecule has 4 heterocycles. The summed E-state index contributed by atoms with van der Waals surface area (Å²) in [5.41, 5.74) is 7.53. The van der Waals surface area contributed by atoms with Gasteiger partial charge >= 0.3 is 0 Å². The number of nitrogens with zero attached hydrogens (tertiary/aromatic N) is 4. The van der Waals surface area contributed by atoms with Crippen LogP contribution in [0.4, 0.5) is 11.4 Å². The molecule has 1 unspecified atom stereocenters. The van der Waals surface area contributed by atoms with Gasteiger partial charge in [-0.15, -0.1) is 0 Å². The second kappa shape index (κ2) is 11.1. The van der Waals surface area contributed by atoms with E-state index in [-0.39, 0.29) is 23.3 Å². The summed E-state index contributed by atoms with van der Waals surface area (Å²) in [7, 11) is -3.55. The van der Waals surface area contributed by atoms with Gasteiger partial charge in [0.15, 0.2) is 0 Å². The van der Waals surface area contributed by atoms with Gasteiger partial charge in [0.05, 0.1) is 21.7 Å². The molecule has 1 atom stereocenters. The Bertz CT molecular complexity index is 1530. The van der Waals surface area contributed by atoms with E-state index in [1.807, 2.05) is 6.07 Å². The molecule has 4 aliphatic heterocycles. The van der Waals surface area contributed by atoms with Gasteiger partial charge in [-0.3, -0.25) is 29.4 Å². The highest BCUT2D eigenvalue weighted by Crippen LogP contribution is 2.36. The molecule has 13 heteroatoms. The number of sulfonamides is 1. The predicted octanol–water partition coefficient (Wildman–Crippen LogP) is 0.893. The molecule has 4 amide bonds. The Morgan fingerprint density at radius 3 is 2.19 bits per heavy atom. The molecule has 4 aliphatic rings. The van der Waals surface area contributed by atoms with Gasteiger partial charge in [0, 0.05) is 57.9 Å². The molecule has 12 nitrogen and oxygen atoms in total. The van der Waals surface area contributed by atoms with Gasteiger partial charge in [0.25, 0.3) is 11.8 Å². The van der Waals surface area contributed by atoms with Crippen molar-refractivity contribution in [2.75, 3.05) is 56.4 Å². The van der Waals surface area contributed by atoms with Crippen LogP contribution in [0.25, 0.3) is 0 Å². The lowest BCUT2D eigenvalue weighted by atomic mass is 9.94. The zero-order valence-electron chi connectivity index (χ0n) is 23.2. The zero-order chi connectivity index (χ0) is 29.6. The first kappa shape index (κ1) is 28.3. The van der Waals surface area contributed by atoms with E-state index in [1.165, 1.54) is 4.31 Å². The first-order valence-corrected chi connectivity index (χ1v) is 15.7. The highest BCUT2D eigenvalue weighted by molar-refractivity contribution is 7.89. The monoisotopic (exact) mass is 594 g/mol. The van der Waals surface area contributed by atoms with Crippen molar-refractivity contribution in [3.05, 3.63) is 53.6 Å².